The van der Waals surface area contributed by atoms with E-state index in [-0.39, 0.29) is 17.6 Å². The number of aryl methyl sites for hydroxylation is 1. The zero-order valence-electron chi connectivity index (χ0n) is 10.6. The number of nitrogens with zero attached hydrogens (tertiary/aromatic N) is 1. The van der Waals surface area contributed by atoms with E-state index in [0.29, 0.717) is 24.4 Å². The molecule has 0 saturated carbocycles. The zero-order valence-corrected chi connectivity index (χ0v) is 10.6. The third-order valence-electron chi connectivity index (χ3n) is 3.31. The molecule has 1 aromatic heterocycles. The Morgan fingerprint density at radius 2 is 2.33 bits per heavy atom. The average molecular weight is 251 g/mol. The minimum absolute atomic E-state index is 0.0393. The molecule has 1 aliphatic heterocycles. The molecule has 1 aliphatic rings. The van der Waals surface area contributed by atoms with Gasteiger partial charge >= 0.3 is 5.97 Å². The number of amides is 1. The first-order valence-corrected chi connectivity index (χ1v) is 6.10. The fourth-order valence-electron chi connectivity index (χ4n) is 2.32. The maximum absolute atomic E-state index is 11.9. The van der Waals surface area contributed by atoms with Gasteiger partial charge in [-0.05, 0) is 25.8 Å². The topological polar surface area (TPSA) is 70.8 Å². The molecule has 0 bridgehead atoms. The molecule has 1 amide bonds. The van der Waals surface area contributed by atoms with Crippen molar-refractivity contribution in [2.24, 2.45) is 5.92 Å². The van der Waals surface area contributed by atoms with E-state index < -0.39 is 5.97 Å². The predicted octanol–water partition coefficient (Wildman–Crippen LogP) is 2.04. The van der Waals surface area contributed by atoms with Gasteiger partial charge in [-0.3, -0.25) is 4.79 Å². The Morgan fingerprint density at radius 3 is 2.94 bits per heavy atom. The van der Waals surface area contributed by atoms with Crippen molar-refractivity contribution >= 4 is 11.9 Å². The number of carbonyl (C=O) groups excluding carboxylic acids is 1. The number of likely N-dealkylation sites (tertiary alicyclic amines) is 1. The number of carbonyl (C=O) groups is 2. The Morgan fingerprint density at radius 1 is 1.61 bits per heavy atom. The summed E-state index contributed by atoms with van der Waals surface area (Å²) in [5, 5.41) is 8.90. The number of furan rings is 1. The van der Waals surface area contributed by atoms with Crippen LogP contribution in [0.1, 0.15) is 41.6 Å². The molecule has 98 valence electrons. The van der Waals surface area contributed by atoms with Crippen molar-refractivity contribution in [3.05, 3.63) is 23.2 Å². The van der Waals surface area contributed by atoms with Gasteiger partial charge in [-0.25, -0.2) is 4.79 Å². The second kappa shape index (κ2) is 4.84. The SMILES string of the molecule is Cc1cc(CN2CCCC(C)C2=O)oc1C(=O)O. The molecule has 1 atom stereocenters. The predicted molar refractivity (Wildman–Crippen MR) is 64.2 cm³/mol. The summed E-state index contributed by atoms with van der Waals surface area (Å²) >= 11 is 0. The molecular weight excluding hydrogens is 234 g/mol. The number of carboxylic acids is 1. The van der Waals surface area contributed by atoms with Crippen molar-refractivity contribution in [2.45, 2.75) is 33.2 Å². The molecule has 2 rings (SSSR count). The van der Waals surface area contributed by atoms with E-state index in [1.54, 1.807) is 17.9 Å². The number of carboxylic acid groups (broad SMARTS) is 1. The molecule has 0 radical (unpaired) electrons. The molecule has 0 aliphatic carbocycles. The van der Waals surface area contributed by atoms with Crippen LogP contribution in [0.5, 0.6) is 0 Å². The van der Waals surface area contributed by atoms with E-state index >= 15 is 0 Å². The molecule has 5 nitrogen and oxygen atoms in total. The normalized spacial score (nSPS) is 20.2. The van der Waals surface area contributed by atoms with Gasteiger partial charge in [-0.1, -0.05) is 6.92 Å². The maximum Gasteiger partial charge on any atom is 0.372 e. The fourth-order valence-corrected chi connectivity index (χ4v) is 2.32. The van der Waals surface area contributed by atoms with Crippen molar-refractivity contribution in [1.82, 2.24) is 4.90 Å². The lowest BCUT2D eigenvalue weighted by Gasteiger charge is -2.29. The fraction of sp³-hybridized carbons (Fsp3) is 0.538. The summed E-state index contributed by atoms with van der Waals surface area (Å²) < 4.78 is 5.27. The largest absolute Gasteiger partial charge is 0.475 e. The number of hydrogen-bond donors (Lipinski definition) is 1. The molecule has 18 heavy (non-hydrogen) atoms. The lowest BCUT2D eigenvalue weighted by Crippen LogP contribution is -2.39. The Balaban J connectivity index is 2.12. The van der Waals surface area contributed by atoms with Gasteiger partial charge in [0.1, 0.15) is 5.76 Å². The van der Waals surface area contributed by atoms with Gasteiger partial charge in [0, 0.05) is 18.0 Å². The lowest BCUT2D eigenvalue weighted by molar-refractivity contribution is -0.138. The molecular formula is C13H17NO4. The Labute approximate surface area is 105 Å². The zero-order chi connectivity index (χ0) is 13.3. The molecule has 1 saturated heterocycles. The molecule has 1 fully saturated rings. The van der Waals surface area contributed by atoms with Crippen molar-refractivity contribution in [3.8, 4) is 0 Å². The Bertz CT molecular complexity index is 477. The van der Waals surface area contributed by atoms with Gasteiger partial charge < -0.3 is 14.4 Å². The highest BCUT2D eigenvalue weighted by Gasteiger charge is 2.26. The minimum Gasteiger partial charge on any atom is -0.475 e. The lowest BCUT2D eigenvalue weighted by atomic mass is 9.99. The minimum atomic E-state index is -1.07. The van der Waals surface area contributed by atoms with Crippen molar-refractivity contribution < 1.29 is 19.1 Å². The smallest absolute Gasteiger partial charge is 0.372 e. The Hall–Kier alpha value is -1.78. The summed E-state index contributed by atoms with van der Waals surface area (Å²) in [4.78, 5) is 24.5. The molecule has 5 heteroatoms. The standard InChI is InChI=1S/C13H17NO4/c1-8-4-3-5-14(12(8)15)7-10-6-9(2)11(18-10)13(16)17/h6,8H,3-5,7H2,1-2H3,(H,16,17). The molecule has 2 heterocycles. The van der Waals surface area contributed by atoms with Crippen LogP contribution < -0.4 is 0 Å². The number of rotatable bonds is 3. The first kappa shape index (κ1) is 12.7. The first-order valence-electron chi connectivity index (χ1n) is 6.10. The molecule has 0 spiro atoms. The van der Waals surface area contributed by atoms with Crippen LogP contribution in [0.25, 0.3) is 0 Å². The van der Waals surface area contributed by atoms with Gasteiger partial charge in [0.2, 0.25) is 11.7 Å². The number of aromatic carboxylic acids is 1. The molecule has 1 unspecified atom stereocenters. The monoisotopic (exact) mass is 251 g/mol. The van der Waals surface area contributed by atoms with Crippen LogP contribution in [0, 0.1) is 12.8 Å². The third kappa shape index (κ3) is 2.39. The van der Waals surface area contributed by atoms with E-state index in [2.05, 4.69) is 0 Å². The van der Waals surface area contributed by atoms with Gasteiger partial charge in [0.25, 0.3) is 0 Å². The summed E-state index contributed by atoms with van der Waals surface area (Å²) in [5.41, 5.74) is 0.593. The number of piperidine rings is 1. The first-order chi connectivity index (χ1) is 8.49. The van der Waals surface area contributed by atoms with Gasteiger partial charge in [-0.2, -0.15) is 0 Å². The highest BCUT2D eigenvalue weighted by atomic mass is 16.4. The maximum atomic E-state index is 11.9. The highest BCUT2D eigenvalue weighted by molar-refractivity contribution is 5.86. The average Bonchev–Trinajstić information content (AvgIpc) is 2.66. The van der Waals surface area contributed by atoms with Crippen molar-refractivity contribution in [3.63, 3.8) is 0 Å². The van der Waals surface area contributed by atoms with E-state index in [0.717, 1.165) is 12.8 Å². The summed E-state index contributed by atoms with van der Waals surface area (Å²) in [5.74, 6) is -0.409. The number of hydrogen-bond acceptors (Lipinski definition) is 3. The van der Waals surface area contributed by atoms with E-state index in [1.165, 1.54) is 0 Å². The summed E-state index contributed by atoms with van der Waals surface area (Å²) in [7, 11) is 0. The van der Waals surface area contributed by atoms with Gasteiger partial charge in [-0.15, -0.1) is 0 Å². The Kier molecular flexibility index (Phi) is 3.41. The molecule has 1 N–H and O–H groups in total. The van der Waals surface area contributed by atoms with Crippen LogP contribution in [0.2, 0.25) is 0 Å². The van der Waals surface area contributed by atoms with Crippen molar-refractivity contribution in [1.29, 1.82) is 0 Å². The van der Waals surface area contributed by atoms with E-state index in [9.17, 15) is 9.59 Å². The van der Waals surface area contributed by atoms with Gasteiger partial charge in [0.05, 0.1) is 6.54 Å². The van der Waals surface area contributed by atoms with E-state index in [1.807, 2.05) is 6.92 Å². The molecule has 0 aromatic carbocycles. The summed E-state index contributed by atoms with van der Waals surface area (Å²) in [6, 6.07) is 1.69. The van der Waals surface area contributed by atoms with Crippen LogP contribution in [-0.2, 0) is 11.3 Å². The quantitative estimate of drug-likeness (QED) is 0.892. The second-order valence-electron chi connectivity index (χ2n) is 4.83. The second-order valence-corrected chi connectivity index (χ2v) is 4.83. The van der Waals surface area contributed by atoms with Crippen LogP contribution in [0.3, 0.4) is 0 Å². The van der Waals surface area contributed by atoms with E-state index in [4.69, 9.17) is 9.52 Å². The third-order valence-corrected chi connectivity index (χ3v) is 3.31. The van der Waals surface area contributed by atoms with Crippen molar-refractivity contribution in [2.75, 3.05) is 6.54 Å². The molecule has 1 aromatic rings. The highest BCUT2D eigenvalue weighted by Crippen LogP contribution is 2.21. The summed E-state index contributed by atoms with van der Waals surface area (Å²) in [6.45, 7) is 4.68. The van der Waals surface area contributed by atoms with Gasteiger partial charge in [0.15, 0.2) is 0 Å². The summed E-state index contributed by atoms with van der Waals surface area (Å²) in [6.07, 6.45) is 1.91. The van der Waals surface area contributed by atoms with Crippen LogP contribution in [0.15, 0.2) is 10.5 Å². The van der Waals surface area contributed by atoms with Crippen LogP contribution in [0.4, 0.5) is 0 Å². The van der Waals surface area contributed by atoms with Crippen LogP contribution in [-0.4, -0.2) is 28.4 Å². The van der Waals surface area contributed by atoms with Crippen LogP contribution >= 0.6 is 0 Å².